The van der Waals surface area contributed by atoms with E-state index in [1.165, 1.54) is 22.5 Å². The molecule has 0 amide bonds. The van der Waals surface area contributed by atoms with Crippen molar-refractivity contribution in [1.29, 1.82) is 0 Å². The molecule has 0 saturated carbocycles. The zero-order chi connectivity index (χ0) is 52.7. The SMILES string of the molecule is [2H]C1(N2CCc3c(nc(C(F)(F)F)nc3NS(=O)(=O)c3ccc(N(Sc4ccccc4F)[C@H](C)CCN4CCN(C)CC4)c(S(=O)(=O)C(F)(F)F)c3)C2)CCN([C@@H](C)c2ccccc2-c2ccc(Cl)cc2)CC1. The van der Waals surface area contributed by atoms with Gasteiger partial charge in [0.2, 0.25) is 5.82 Å². The number of hydrogen-bond acceptors (Lipinski definition) is 12. The fraction of sp³-hybridized carbons (Fsp3) is 0.429. The number of anilines is 2. The molecule has 1 aromatic heterocycles. The molecule has 4 aromatic carbocycles. The average molecular weight is 1080 g/mol. The van der Waals surface area contributed by atoms with Gasteiger partial charge in [-0.3, -0.25) is 14.5 Å². The zero-order valence-electron chi connectivity index (χ0n) is 40.5. The van der Waals surface area contributed by atoms with Crippen LogP contribution in [0.5, 0.6) is 0 Å². The fourth-order valence-corrected chi connectivity index (χ4v) is 12.6. The van der Waals surface area contributed by atoms with Gasteiger partial charge in [-0.1, -0.05) is 60.1 Å². The van der Waals surface area contributed by atoms with Gasteiger partial charge in [-0.15, -0.1) is 0 Å². The summed E-state index contributed by atoms with van der Waals surface area (Å²) in [6, 6.07) is 20.8. The van der Waals surface area contributed by atoms with E-state index in [4.69, 9.17) is 11.6 Å². The highest BCUT2D eigenvalue weighted by molar-refractivity contribution is 8.00. The number of piperazine rings is 1. The van der Waals surface area contributed by atoms with Crippen molar-refractivity contribution in [3.8, 4) is 11.1 Å². The summed E-state index contributed by atoms with van der Waals surface area (Å²) in [6.45, 7) is 7.84. The topological polar surface area (TPSA) is 122 Å². The van der Waals surface area contributed by atoms with E-state index in [0.717, 1.165) is 48.0 Å². The number of sulfone groups is 1. The van der Waals surface area contributed by atoms with Gasteiger partial charge < -0.3 is 14.1 Å². The van der Waals surface area contributed by atoms with E-state index in [1.54, 1.807) is 11.8 Å². The lowest BCUT2D eigenvalue weighted by molar-refractivity contribution is -0.145. The number of likely N-dealkylation sites (tertiary alicyclic amines) is 1. The third kappa shape index (κ3) is 12.0. The van der Waals surface area contributed by atoms with Crippen molar-refractivity contribution in [3.63, 3.8) is 0 Å². The van der Waals surface area contributed by atoms with Crippen molar-refractivity contribution in [2.24, 2.45) is 0 Å². The van der Waals surface area contributed by atoms with Gasteiger partial charge in [0.05, 0.1) is 21.2 Å². The number of likely N-dealkylation sites (N-methyl/N-ethyl adjacent to an activating group) is 1. The molecular weight excluding hydrogens is 1030 g/mol. The summed E-state index contributed by atoms with van der Waals surface area (Å²) in [7, 11) is -9.58. The van der Waals surface area contributed by atoms with Gasteiger partial charge >= 0.3 is 11.7 Å². The number of hydrogen-bond donors (Lipinski definition) is 1. The molecule has 0 radical (unpaired) electrons. The minimum absolute atomic E-state index is 0.0253. The first-order valence-corrected chi connectivity index (χ1v) is 27.4. The van der Waals surface area contributed by atoms with Gasteiger partial charge in [0.25, 0.3) is 19.9 Å². The standard InChI is InChI=1S/C49H54ClF7N8O4S3/c1-32(18-22-62-28-26-61(3)27-29-62)65(70-44-11-7-6-10-41(44)51)43-17-16-37(30-45(43)71(66,67)49(55,56)57)72(68,69)60-46-40-21-25-64(31-42(40)58-47(59-46)48(52,53)54)36-19-23-63(24-20-36)33(2)38-8-4-5-9-39(38)34-12-14-35(50)15-13-34/h4-17,30,32-33,36H,18-29,31H2,1-3H3,(H,58,59,60)/t32-,33+/m1/s1/i36D. The van der Waals surface area contributed by atoms with Gasteiger partial charge in [-0.05, 0) is 118 Å². The molecule has 3 aliphatic rings. The summed E-state index contributed by atoms with van der Waals surface area (Å²) in [6.07, 6.45) is -4.39. The molecule has 0 spiro atoms. The molecule has 388 valence electrons. The van der Waals surface area contributed by atoms with Crippen LogP contribution in [0.15, 0.2) is 106 Å². The third-order valence-corrected chi connectivity index (χ3v) is 17.8. The van der Waals surface area contributed by atoms with E-state index in [0.29, 0.717) is 68.6 Å². The second kappa shape index (κ2) is 21.7. The summed E-state index contributed by atoms with van der Waals surface area (Å²) in [5.74, 6) is -3.24. The first kappa shape index (κ1) is 52.3. The predicted octanol–water partition coefficient (Wildman–Crippen LogP) is 10.2. The highest BCUT2D eigenvalue weighted by Gasteiger charge is 2.49. The highest BCUT2D eigenvalue weighted by Crippen LogP contribution is 2.43. The number of piperidine rings is 1. The molecule has 0 unspecified atom stereocenters. The zero-order valence-corrected chi connectivity index (χ0v) is 42.7. The summed E-state index contributed by atoms with van der Waals surface area (Å²) in [5, 5.41) is 0.609. The second-order valence-electron chi connectivity index (χ2n) is 18.2. The number of aromatic nitrogens is 2. The maximum Gasteiger partial charge on any atom is 0.501 e. The molecule has 2 fully saturated rings. The average Bonchev–Trinajstić information content (AvgIpc) is 3.35. The Labute approximate surface area is 426 Å². The Morgan fingerprint density at radius 2 is 1.53 bits per heavy atom. The summed E-state index contributed by atoms with van der Waals surface area (Å²) < 4.78 is 171. The van der Waals surface area contributed by atoms with Crippen LogP contribution in [0.1, 0.15) is 63.2 Å². The molecule has 23 heteroatoms. The first-order chi connectivity index (χ1) is 34.3. The molecule has 1 N–H and O–H groups in total. The van der Waals surface area contributed by atoms with Gasteiger partial charge in [0.15, 0.2) is 0 Å². The molecule has 0 aliphatic carbocycles. The molecule has 2 saturated heterocycles. The number of fused-ring (bicyclic) bond motifs is 1. The van der Waals surface area contributed by atoms with Gasteiger partial charge in [-0.25, -0.2) is 31.2 Å². The van der Waals surface area contributed by atoms with E-state index < -0.39 is 76.5 Å². The largest absolute Gasteiger partial charge is 0.501 e. The number of nitrogens with zero attached hydrogens (tertiary/aromatic N) is 7. The number of halogens is 8. The maximum atomic E-state index is 15.2. The monoisotopic (exact) mass is 1080 g/mol. The summed E-state index contributed by atoms with van der Waals surface area (Å²) in [5.41, 5.74) is -3.69. The molecular formula is C49H54ClF7N8O4S3. The Kier molecular flexibility index (Phi) is 15.8. The fourth-order valence-electron chi connectivity index (χ4n) is 9.28. The van der Waals surface area contributed by atoms with Crippen molar-refractivity contribution in [3.05, 3.63) is 124 Å². The van der Waals surface area contributed by atoms with Crippen LogP contribution >= 0.6 is 23.5 Å². The smallest absolute Gasteiger partial charge is 0.308 e. The van der Waals surface area contributed by atoms with Crippen molar-refractivity contribution < 1.29 is 48.9 Å². The van der Waals surface area contributed by atoms with E-state index in [9.17, 15) is 44.5 Å². The predicted molar refractivity (Wildman–Crippen MR) is 264 cm³/mol. The Hall–Kier alpha value is -4.55. The summed E-state index contributed by atoms with van der Waals surface area (Å²) >= 11 is 6.79. The van der Waals surface area contributed by atoms with E-state index in [2.05, 4.69) is 31.6 Å². The molecule has 5 aromatic rings. The van der Waals surface area contributed by atoms with Gasteiger partial charge in [0, 0.05) is 89.0 Å². The molecule has 72 heavy (non-hydrogen) atoms. The van der Waals surface area contributed by atoms with Crippen molar-refractivity contribution in [2.75, 3.05) is 68.4 Å². The quantitative estimate of drug-likeness (QED) is 0.0794. The van der Waals surface area contributed by atoms with Crippen molar-refractivity contribution >= 4 is 54.9 Å². The lowest BCUT2D eigenvalue weighted by Crippen LogP contribution is -2.47. The minimum atomic E-state index is -6.35. The van der Waals surface area contributed by atoms with E-state index in [1.807, 2.05) is 60.3 Å². The van der Waals surface area contributed by atoms with E-state index >= 15 is 4.39 Å². The van der Waals surface area contributed by atoms with Crippen molar-refractivity contribution in [1.82, 2.24) is 29.6 Å². The van der Waals surface area contributed by atoms with Crippen LogP contribution in [-0.2, 0) is 39.0 Å². The summed E-state index contributed by atoms with van der Waals surface area (Å²) in [4.78, 5) is 13.0. The maximum absolute atomic E-state index is 15.2. The number of alkyl halides is 6. The number of rotatable bonds is 15. The Morgan fingerprint density at radius 3 is 2.19 bits per heavy atom. The lowest BCUT2D eigenvalue weighted by atomic mass is 9.92. The van der Waals surface area contributed by atoms with Crippen LogP contribution in [0.3, 0.4) is 0 Å². The highest BCUT2D eigenvalue weighted by atomic mass is 35.5. The molecule has 2 atom stereocenters. The Morgan fingerprint density at radius 1 is 0.861 bits per heavy atom. The number of nitrogens with one attached hydrogen (secondary N) is 1. The lowest BCUT2D eigenvalue weighted by Gasteiger charge is -2.42. The minimum Gasteiger partial charge on any atom is -0.308 e. The van der Waals surface area contributed by atoms with Crippen LogP contribution in [0.25, 0.3) is 11.1 Å². The van der Waals surface area contributed by atoms with Crippen LogP contribution in [-0.4, -0.2) is 123 Å². The Balaban J connectivity index is 1.07. The first-order valence-electron chi connectivity index (χ1n) is 23.8. The molecule has 0 bridgehead atoms. The third-order valence-electron chi connectivity index (χ3n) is 13.5. The van der Waals surface area contributed by atoms with Gasteiger partial charge in [-0.2, -0.15) is 26.3 Å². The Bertz CT molecular complexity index is 3020. The van der Waals surface area contributed by atoms with Crippen LogP contribution in [0, 0.1) is 5.82 Å². The van der Waals surface area contributed by atoms with Crippen LogP contribution in [0.4, 0.5) is 42.2 Å². The second-order valence-corrected chi connectivity index (χ2v) is 23.2. The van der Waals surface area contributed by atoms with Crippen LogP contribution in [0.2, 0.25) is 5.02 Å². The number of benzene rings is 4. The molecule has 8 rings (SSSR count). The molecule has 12 nitrogen and oxygen atoms in total. The van der Waals surface area contributed by atoms with Crippen LogP contribution < -0.4 is 9.03 Å². The van der Waals surface area contributed by atoms with Crippen molar-refractivity contribution in [2.45, 2.75) is 90.5 Å². The number of sulfonamides is 1. The van der Waals surface area contributed by atoms with Gasteiger partial charge in [0.1, 0.15) is 16.5 Å². The molecule has 4 heterocycles. The molecule has 3 aliphatic heterocycles. The normalized spacial score (nSPS) is 18.8. The van der Waals surface area contributed by atoms with E-state index in [-0.39, 0.29) is 48.1 Å².